The van der Waals surface area contributed by atoms with Crippen LogP contribution in [0.15, 0.2) is 66.7 Å². The summed E-state index contributed by atoms with van der Waals surface area (Å²) in [5, 5.41) is 16.9. The van der Waals surface area contributed by atoms with Crippen LogP contribution in [0.1, 0.15) is 67.6 Å². The van der Waals surface area contributed by atoms with Crippen LogP contribution in [0.4, 0.5) is 4.79 Å². The second-order valence-electron chi connectivity index (χ2n) is 13.2. The van der Waals surface area contributed by atoms with E-state index in [0.717, 1.165) is 53.9 Å². The van der Waals surface area contributed by atoms with Crippen molar-refractivity contribution in [2.75, 3.05) is 74.1 Å². The highest BCUT2D eigenvalue weighted by Crippen LogP contribution is 2.33. The molecule has 0 aliphatic carbocycles. The lowest BCUT2D eigenvalue weighted by atomic mass is 9.87. The van der Waals surface area contributed by atoms with Crippen molar-refractivity contribution < 1.29 is 57.9 Å². The van der Waals surface area contributed by atoms with Crippen molar-refractivity contribution in [3.63, 3.8) is 0 Å². The largest absolute Gasteiger partial charge is 0.497 e. The summed E-state index contributed by atoms with van der Waals surface area (Å²) in [5.74, 6) is 2.99. The number of ether oxygens (including phenoxy) is 8. The number of amides is 1. The van der Waals surface area contributed by atoms with E-state index in [1.165, 1.54) is 0 Å². The molecule has 1 saturated heterocycles. The number of carbonyl (C=O) groups is 1. The van der Waals surface area contributed by atoms with E-state index in [9.17, 15) is 4.79 Å². The molecule has 14 heteroatoms. The molecule has 0 bridgehead atoms. The highest BCUT2D eigenvalue weighted by atomic mass is 17.1. The summed E-state index contributed by atoms with van der Waals surface area (Å²) in [6, 6.07) is 21.7. The zero-order chi connectivity index (χ0) is 39.1. The van der Waals surface area contributed by atoms with Crippen molar-refractivity contribution in [1.82, 2.24) is 10.3 Å². The Morgan fingerprint density at radius 1 is 0.745 bits per heavy atom. The molecule has 304 valence electrons. The molecule has 2 atom stereocenters. The quantitative estimate of drug-likeness (QED) is 0.0628. The van der Waals surface area contributed by atoms with Crippen LogP contribution >= 0.6 is 0 Å². The van der Waals surface area contributed by atoms with Gasteiger partial charge in [0, 0.05) is 50.7 Å². The third-order valence-corrected chi connectivity index (χ3v) is 9.15. The number of hydrogen-bond donors (Lipinski definition) is 2. The van der Waals surface area contributed by atoms with E-state index >= 15 is 0 Å². The molecule has 4 rings (SSSR count). The number of rotatable bonds is 26. The highest BCUT2D eigenvalue weighted by Gasteiger charge is 2.34. The molecular formula is C41H58N2O12. The molecule has 14 nitrogen and oxygen atoms in total. The number of likely N-dealkylation sites (tertiary alicyclic amines) is 1. The minimum absolute atomic E-state index is 0.0350. The molecule has 0 aromatic heterocycles. The van der Waals surface area contributed by atoms with Gasteiger partial charge < -0.3 is 42.8 Å². The van der Waals surface area contributed by atoms with Gasteiger partial charge in [-0.2, -0.15) is 0 Å². The molecule has 1 aliphatic heterocycles. The predicted molar refractivity (Wildman–Crippen MR) is 203 cm³/mol. The third-order valence-electron chi connectivity index (χ3n) is 9.15. The lowest BCUT2D eigenvalue weighted by molar-refractivity contribution is -0.492. The van der Waals surface area contributed by atoms with Crippen LogP contribution in [-0.2, 0) is 37.0 Å². The summed E-state index contributed by atoms with van der Waals surface area (Å²) in [7, 11) is 4.94. The molecular weight excluding hydrogens is 712 g/mol. The first-order valence-electron chi connectivity index (χ1n) is 19.0. The number of piperidine rings is 1. The third kappa shape index (κ3) is 15.9. The first kappa shape index (κ1) is 43.6. The normalized spacial score (nSPS) is 15.6. The Morgan fingerprint density at radius 3 is 2.22 bits per heavy atom. The van der Waals surface area contributed by atoms with Gasteiger partial charge in [-0.3, -0.25) is 15.3 Å². The Morgan fingerprint density at radius 2 is 1.47 bits per heavy atom. The van der Waals surface area contributed by atoms with E-state index in [1.54, 1.807) is 26.2 Å². The second kappa shape index (κ2) is 25.1. The van der Waals surface area contributed by atoms with E-state index in [2.05, 4.69) is 17.0 Å². The van der Waals surface area contributed by atoms with Crippen molar-refractivity contribution in [1.29, 1.82) is 0 Å². The summed E-state index contributed by atoms with van der Waals surface area (Å²) in [6.07, 6.45) is 4.51. The Bertz CT molecular complexity index is 1510. The zero-order valence-electron chi connectivity index (χ0n) is 32.4. The van der Waals surface area contributed by atoms with Crippen LogP contribution < -0.4 is 18.9 Å². The Labute approximate surface area is 324 Å². The van der Waals surface area contributed by atoms with Gasteiger partial charge in [-0.25, -0.2) is 4.79 Å². The van der Waals surface area contributed by atoms with Crippen LogP contribution in [0.3, 0.4) is 0 Å². The molecule has 55 heavy (non-hydrogen) atoms. The minimum Gasteiger partial charge on any atom is -0.497 e. The molecule has 0 saturated carbocycles. The smallest absolute Gasteiger partial charge is 0.409 e. The van der Waals surface area contributed by atoms with Gasteiger partial charge >= 0.3 is 6.09 Å². The van der Waals surface area contributed by atoms with Crippen molar-refractivity contribution in [2.24, 2.45) is 0 Å². The molecule has 0 spiro atoms. The number of unbranched alkanes of at least 4 members (excludes halogenated alkanes) is 3. The number of nitrogens with zero attached hydrogens (tertiary/aromatic N) is 2. The average molecular weight is 771 g/mol. The van der Waals surface area contributed by atoms with Gasteiger partial charge in [-0.1, -0.05) is 36.8 Å². The molecule has 3 aromatic carbocycles. The van der Waals surface area contributed by atoms with Gasteiger partial charge in [0.05, 0.1) is 78.5 Å². The van der Waals surface area contributed by atoms with Crippen molar-refractivity contribution in [3.8, 4) is 23.0 Å². The van der Waals surface area contributed by atoms with Gasteiger partial charge in [-0.05, 0) is 67.1 Å². The maximum atomic E-state index is 13.2. The first-order valence-corrected chi connectivity index (χ1v) is 19.0. The monoisotopic (exact) mass is 770 g/mol. The van der Waals surface area contributed by atoms with E-state index in [0.29, 0.717) is 90.1 Å². The van der Waals surface area contributed by atoms with Crippen LogP contribution in [0, 0.1) is 0 Å². The molecule has 1 amide bonds. The molecule has 1 aliphatic rings. The minimum atomic E-state index is -0.365. The van der Waals surface area contributed by atoms with E-state index in [4.69, 9.17) is 48.3 Å². The maximum Gasteiger partial charge on any atom is 0.409 e. The van der Waals surface area contributed by atoms with Crippen LogP contribution in [0.25, 0.3) is 0 Å². The number of methoxy groups -OCH3 is 3. The molecule has 3 aromatic rings. The van der Waals surface area contributed by atoms with Crippen molar-refractivity contribution in [3.05, 3.63) is 83.4 Å². The van der Waals surface area contributed by atoms with E-state index in [1.807, 2.05) is 54.6 Å². The average Bonchev–Trinajstić information content (AvgIpc) is 3.21. The predicted octanol–water partition coefficient (Wildman–Crippen LogP) is 7.19. The van der Waals surface area contributed by atoms with Crippen LogP contribution in [-0.4, -0.2) is 107 Å². The lowest BCUT2D eigenvalue weighted by Gasteiger charge is -2.38. The Hall–Kier alpha value is -4.15. The molecule has 2 N–H and O–H groups in total. The van der Waals surface area contributed by atoms with E-state index < -0.39 is 0 Å². The maximum absolute atomic E-state index is 13.2. The highest BCUT2D eigenvalue weighted by molar-refractivity contribution is 5.67. The fourth-order valence-electron chi connectivity index (χ4n) is 6.27. The summed E-state index contributed by atoms with van der Waals surface area (Å²) in [4.78, 5) is 19.4. The van der Waals surface area contributed by atoms with Crippen LogP contribution in [0.5, 0.6) is 23.0 Å². The molecule has 1 heterocycles. The standard InChI is InChI=1S/C41H58N2O12/c1-47-20-10-23-52-37-27-32(26-36(28-37)48-2)30-54-40-29-42(41(44)53-22-8-4-5-9-25-55-43(45)46)19-18-38(40)33-14-16-35(17-15-33)51-24-11-21-50-31-34-12-6-7-13-39(34)49-3/h6-7,12-17,26-28,38,40,45-46H,4-5,8-11,18-25,29-31H2,1-3H3. The van der Waals surface area contributed by atoms with Gasteiger partial charge in [0.25, 0.3) is 0 Å². The fraction of sp³-hybridized carbons (Fsp3) is 0.537. The number of para-hydroxylation sites is 1. The van der Waals surface area contributed by atoms with Gasteiger partial charge in [0.15, 0.2) is 0 Å². The summed E-state index contributed by atoms with van der Waals surface area (Å²) >= 11 is 0. The van der Waals surface area contributed by atoms with Gasteiger partial charge in [-0.15, -0.1) is 0 Å². The van der Waals surface area contributed by atoms with Gasteiger partial charge in [0.2, 0.25) is 0 Å². The molecule has 1 fully saturated rings. The SMILES string of the molecule is COCCCOc1cc(COC2CN(C(=O)OCCCCCCON(O)O)CCC2c2ccc(OCCCOCc3ccccc3OC)cc2)cc(OC)c1. The van der Waals surface area contributed by atoms with Gasteiger partial charge in [0.1, 0.15) is 23.0 Å². The summed E-state index contributed by atoms with van der Waals surface area (Å²) in [6.45, 7) is 4.39. The second-order valence-corrected chi connectivity index (χ2v) is 13.2. The fourth-order valence-corrected chi connectivity index (χ4v) is 6.27. The molecule has 2 unspecified atom stereocenters. The topological polar surface area (TPSA) is 147 Å². The van der Waals surface area contributed by atoms with Crippen molar-refractivity contribution in [2.45, 2.75) is 70.2 Å². The van der Waals surface area contributed by atoms with Crippen molar-refractivity contribution >= 4 is 6.09 Å². The van der Waals surface area contributed by atoms with Crippen LogP contribution in [0.2, 0.25) is 0 Å². The lowest BCUT2D eigenvalue weighted by Crippen LogP contribution is -2.47. The molecule has 0 radical (unpaired) electrons. The summed E-state index contributed by atoms with van der Waals surface area (Å²) in [5.41, 5.74) is 3.01. The number of hydrogen-bond acceptors (Lipinski definition) is 13. The van der Waals surface area contributed by atoms with E-state index in [-0.39, 0.29) is 30.1 Å². The Balaban J connectivity index is 1.32. The number of benzene rings is 3. The summed E-state index contributed by atoms with van der Waals surface area (Å²) < 4.78 is 46.1. The number of carbonyl (C=O) groups excluding carboxylic acids is 1. The Kier molecular flexibility index (Phi) is 19.9. The zero-order valence-corrected chi connectivity index (χ0v) is 32.4. The first-order chi connectivity index (χ1) is 26.9.